The normalized spacial score (nSPS) is 32.8. The molecule has 0 unspecified atom stereocenters. The smallest absolute Gasteiger partial charge is 0.118 e. The molecular weight excluding hydrogens is 255 g/mol. The molecule has 0 radical (unpaired) electrons. The number of rotatable bonds is 6. The molecule has 2 aliphatic heterocycles. The van der Waals surface area contributed by atoms with E-state index in [0.29, 0.717) is 18.3 Å². The van der Waals surface area contributed by atoms with Crippen LogP contribution in [0.3, 0.4) is 0 Å². The van der Waals surface area contributed by atoms with Crippen molar-refractivity contribution in [2.24, 2.45) is 17.1 Å². The van der Waals surface area contributed by atoms with Crippen LogP contribution in [0.5, 0.6) is 0 Å². The molecule has 112 valence electrons. The molecule has 0 aromatic heterocycles. The molecule has 2 bridgehead atoms. The number of nitrogens with zero attached hydrogens (tertiary/aromatic N) is 1. The van der Waals surface area contributed by atoms with Crippen LogP contribution in [0.2, 0.25) is 0 Å². The van der Waals surface area contributed by atoms with E-state index in [0.717, 1.165) is 12.8 Å². The van der Waals surface area contributed by atoms with Crippen molar-refractivity contribution in [2.75, 3.05) is 13.3 Å². The number of allylic oxidation sites excluding steroid dienone is 1. The minimum absolute atomic E-state index is 0.0183. The molecule has 2 heterocycles. The topological polar surface area (TPSA) is 38.5 Å². The van der Waals surface area contributed by atoms with E-state index in [2.05, 4.69) is 20.4 Å². The van der Waals surface area contributed by atoms with Gasteiger partial charge in [-0.05, 0) is 31.3 Å². The summed E-state index contributed by atoms with van der Waals surface area (Å²) in [6.07, 6.45) is 7.41. The standard InChI is InChI=1S/C16H25FN2O/c1-5-6-19(13(4)18)7-14(12(2)3)15-8-16(9-15,10-17)20-11-15/h5-7,12H,4,8-11,18H2,1-3H3/b6-5-,14-7+. The Hall–Kier alpha value is -1.29. The first-order valence-corrected chi connectivity index (χ1v) is 7.16. The molecule has 0 amide bonds. The van der Waals surface area contributed by atoms with Crippen LogP contribution in [-0.2, 0) is 4.74 Å². The zero-order valence-corrected chi connectivity index (χ0v) is 12.7. The number of nitrogens with two attached hydrogens (primary N) is 1. The minimum atomic E-state index is -0.515. The molecule has 3 rings (SSSR count). The van der Waals surface area contributed by atoms with E-state index in [4.69, 9.17) is 10.5 Å². The Morgan fingerprint density at radius 2 is 2.15 bits per heavy atom. The summed E-state index contributed by atoms with van der Waals surface area (Å²) in [5.74, 6) is 0.842. The van der Waals surface area contributed by atoms with Gasteiger partial charge in [0.15, 0.2) is 0 Å². The van der Waals surface area contributed by atoms with Gasteiger partial charge < -0.3 is 15.4 Å². The van der Waals surface area contributed by atoms with Crippen LogP contribution < -0.4 is 5.73 Å². The lowest BCUT2D eigenvalue weighted by molar-refractivity contribution is -0.0297. The van der Waals surface area contributed by atoms with E-state index in [1.54, 1.807) is 0 Å². The molecule has 20 heavy (non-hydrogen) atoms. The number of ether oxygens (including phenoxy) is 1. The molecule has 2 N–H and O–H groups in total. The van der Waals surface area contributed by atoms with E-state index in [1.807, 2.05) is 30.3 Å². The van der Waals surface area contributed by atoms with Gasteiger partial charge in [0.1, 0.15) is 6.67 Å². The van der Waals surface area contributed by atoms with Crippen molar-refractivity contribution in [3.8, 4) is 0 Å². The molecule has 0 aromatic carbocycles. The van der Waals surface area contributed by atoms with Gasteiger partial charge in [-0.1, -0.05) is 26.5 Å². The fraction of sp³-hybridized carbons (Fsp3) is 0.625. The molecule has 4 heteroatoms. The molecule has 1 aliphatic carbocycles. The maximum absolute atomic E-state index is 13.1. The van der Waals surface area contributed by atoms with Crippen molar-refractivity contribution >= 4 is 0 Å². The molecule has 2 saturated heterocycles. The van der Waals surface area contributed by atoms with Gasteiger partial charge in [0.25, 0.3) is 0 Å². The maximum Gasteiger partial charge on any atom is 0.118 e. The van der Waals surface area contributed by atoms with Gasteiger partial charge in [-0.3, -0.25) is 0 Å². The van der Waals surface area contributed by atoms with Gasteiger partial charge in [0, 0.05) is 17.8 Å². The van der Waals surface area contributed by atoms with E-state index < -0.39 is 5.60 Å². The molecule has 1 saturated carbocycles. The number of halogens is 1. The van der Waals surface area contributed by atoms with Gasteiger partial charge in [-0.25, -0.2) is 4.39 Å². The summed E-state index contributed by atoms with van der Waals surface area (Å²) in [7, 11) is 0. The molecular formula is C16H25FN2O. The quantitative estimate of drug-likeness (QED) is 0.811. The van der Waals surface area contributed by atoms with Crippen molar-refractivity contribution in [2.45, 2.75) is 39.2 Å². The molecule has 0 spiro atoms. The zero-order valence-electron chi connectivity index (χ0n) is 12.7. The van der Waals surface area contributed by atoms with Crippen LogP contribution in [0.15, 0.2) is 36.4 Å². The Bertz CT molecular complexity index is 447. The predicted octanol–water partition coefficient (Wildman–Crippen LogP) is 3.31. The summed E-state index contributed by atoms with van der Waals surface area (Å²) in [4.78, 5) is 1.83. The van der Waals surface area contributed by atoms with Crippen molar-refractivity contribution in [1.82, 2.24) is 4.90 Å². The summed E-state index contributed by atoms with van der Waals surface area (Å²) in [6, 6.07) is 0. The van der Waals surface area contributed by atoms with Crippen molar-refractivity contribution < 1.29 is 9.13 Å². The highest BCUT2D eigenvalue weighted by Gasteiger charge is 2.64. The lowest BCUT2D eigenvalue weighted by Gasteiger charge is -2.46. The van der Waals surface area contributed by atoms with Crippen LogP contribution >= 0.6 is 0 Å². The average molecular weight is 280 g/mol. The van der Waals surface area contributed by atoms with E-state index in [9.17, 15) is 4.39 Å². The molecule has 0 aromatic rings. The Labute approximate surface area is 121 Å². The van der Waals surface area contributed by atoms with Crippen molar-refractivity contribution in [1.29, 1.82) is 0 Å². The van der Waals surface area contributed by atoms with Gasteiger partial charge in [-0.15, -0.1) is 0 Å². The average Bonchev–Trinajstić information content (AvgIpc) is 2.89. The SMILES string of the molecule is C=C(N)N(/C=C\C)/C=C(\C(C)C)C12COC(CF)(C1)C2. The summed E-state index contributed by atoms with van der Waals surface area (Å²) < 4.78 is 18.8. The number of hydrogen-bond acceptors (Lipinski definition) is 3. The number of alkyl halides is 1. The van der Waals surface area contributed by atoms with Gasteiger partial charge in [0.2, 0.25) is 0 Å². The summed E-state index contributed by atoms with van der Waals surface area (Å²) in [5.41, 5.74) is 6.56. The van der Waals surface area contributed by atoms with Gasteiger partial charge >= 0.3 is 0 Å². The summed E-state index contributed by atoms with van der Waals surface area (Å²) >= 11 is 0. The summed E-state index contributed by atoms with van der Waals surface area (Å²) in [6.45, 7) is 10.3. The highest BCUT2D eigenvalue weighted by Crippen LogP contribution is 2.62. The number of fused-ring (bicyclic) bond motifs is 1. The summed E-state index contributed by atoms with van der Waals surface area (Å²) in [5, 5.41) is 0. The largest absolute Gasteiger partial charge is 0.385 e. The lowest BCUT2D eigenvalue weighted by Crippen LogP contribution is -2.47. The lowest BCUT2D eigenvalue weighted by atomic mass is 9.57. The maximum atomic E-state index is 13.1. The molecule has 3 nitrogen and oxygen atoms in total. The highest BCUT2D eigenvalue weighted by molar-refractivity contribution is 5.30. The Morgan fingerprint density at radius 1 is 1.50 bits per heavy atom. The molecule has 3 aliphatic rings. The second-order valence-electron chi connectivity index (χ2n) is 6.36. The van der Waals surface area contributed by atoms with Crippen LogP contribution in [0.1, 0.15) is 33.6 Å². The zero-order chi connectivity index (χ0) is 15.0. The fourth-order valence-corrected chi connectivity index (χ4v) is 3.53. The first-order chi connectivity index (χ1) is 9.38. The van der Waals surface area contributed by atoms with E-state index in [-0.39, 0.29) is 12.1 Å². The Morgan fingerprint density at radius 3 is 2.55 bits per heavy atom. The second-order valence-corrected chi connectivity index (χ2v) is 6.36. The van der Waals surface area contributed by atoms with Gasteiger partial charge in [0.05, 0.1) is 18.0 Å². The molecule has 3 fully saturated rings. The second kappa shape index (κ2) is 5.24. The monoisotopic (exact) mass is 280 g/mol. The van der Waals surface area contributed by atoms with Crippen LogP contribution in [0, 0.1) is 11.3 Å². The predicted molar refractivity (Wildman–Crippen MR) is 79.2 cm³/mol. The van der Waals surface area contributed by atoms with E-state index in [1.165, 1.54) is 5.57 Å². The highest BCUT2D eigenvalue weighted by atomic mass is 19.1. The third-order valence-electron chi connectivity index (χ3n) is 4.37. The molecule has 0 atom stereocenters. The van der Waals surface area contributed by atoms with Crippen LogP contribution in [0.25, 0.3) is 0 Å². The van der Waals surface area contributed by atoms with Crippen molar-refractivity contribution in [3.63, 3.8) is 0 Å². The third kappa shape index (κ3) is 2.37. The minimum Gasteiger partial charge on any atom is -0.385 e. The van der Waals surface area contributed by atoms with Crippen LogP contribution in [0.4, 0.5) is 4.39 Å². The fourth-order valence-electron chi connectivity index (χ4n) is 3.53. The third-order valence-corrected chi connectivity index (χ3v) is 4.37. The van der Waals surface area contributed by atoms with E-state index >= 15 is 0 Å². The number of hydrogen-bond donors (Lipinski definition) is 1. The van der Waals surface area contributed by atoms with Crippen molar-refractivity contribution in [3.05, 3.63) is 36.4 Å². The first-order valence-electron chi connectivity index (χ1n) is 7.16. The van der Waals surface area contributed by atoms with Gasteiger partial charge in [-0.2, -0.15) is 0 Å². The first kappa shape index (κ1) is 15.1. The Kier molecular flexibility index (Phi) is 3.96. The Balaban J connectivity index is 2.27. The van der Waals surface area contributed by atoms with Crippen LogP contribution in [-0.4, -0.2) is 23.8 Å².